The molecule has 5 rings (SSSR count). The maximum Gasteiger partial charge on any atom is 0.252 e. The summed E-state index contributed by atoms with van der Waals surface area (Å²) >= 11 is 1.61. The zero-order chi connectivity index (χ0) is 25.8. The van der Waals surface area contributed by atoms with Gasteiger partial charge in [-0.2, -0.15) is 5.10 Å². The Kier molecular flexibility index (Phi) is 7.65. The van der Waals surface area contributed by atoms with Crippen LogP contribution in [0.15, 0.2) is 90.0 Å². The molecule has 0 bridgehead atoms. The quantitative estimate of drug-likeness (QED) is 0.201. The summed E-state index contributed by atoms with van der Waals surface area (Å²) < 4.78 is 5.34. The number of nitrogens with one attached hydrogen (secondary N) is 2. The Hall–Kier alpha value is -3.51. The molecule has 0 radical (unpaired) electrons. The number of amides is 1. The lowest BCUT2D eigenvalue weighted by molar-refractivity contribution is -0.120. The van der Waals surface area contributed by atoms with Gasteiger partial charge in [0.05, 0.1) is 24.1 Å². The van der Waals surface area contributed by atoms with Crippen molar-refractivity contribution in [3.63, 3.8) is 0 Å². The predicted molar refractivity (Wildman–Crippen MR) is 153 cm³/mol. The summed E-state index contributed by atoms with van der Waals surface area (Å²) in [6, 6.07) is 25.3. The van der Waals surface area contributed by atoms with Gasteiger partial charge in [0, 0.05) is 17.4 Å². The standard InChI is InChI=1S/C31H33N3O2S/c1-20(33-34-31(35)21(2)37-19-22-8-5-4-6-9-22)24-14-17-29-28(18-24)26-10-7-11-27(26)30(32-29)23-12-15-25(36-3)16-13-23/h4-10,12-18,21,26-27,30,32H,11,19H2,1-3H3,(H,34,35)/b33-20-/t21-,26-,27+,30+/m1/s1. The van der Waals surface area contributed by atoms with Gasteiger partial charge in [-0.1, -0.05) is 60.7 Å². The summed E-state index contributed by atoms with van der Waals surface area (Å²) in [5, 5.41) is 8.03. The van der Waals surface area contributed by atoms with Crippen LogP contribution < -0.4 is 15.5 Å². The highest BCUT2D eigenvalue weighted by Gasteiger charge is 2.38. The van der Waals surface area contributed by atoms with Gasteiger partial charge in [0.1, 0.15) is 5.75 Å². The first kappa shape index (κ1) is 25.2. The SMILES string of the molecule is COc1ccc([C@@H]2Nc3ccc(/C(C)=N\NC(=O)[C@@H](C)SCc4ccccc4)cc3[C@@H]3C=CC[C@@H]32)cc1. The zero-order valence-electron chi connectivity index (χ0n) is 21.5. The number of allylic oxidation sites excluding steroid dienone is 2. The Bertz CT molecular complexity index is 1300. The molecule has 3 aromatic carbocycles. The zero-order valence-corrected chi connectivity index (χ0v) is 22.3. The van der Waals surface area contributed by atoms with E-state index in [1.807, 2.05) is 44.2 Å². The molecule has 5 nitrogen and oxygen atoms in total. The van der Waals surface area contributed by atoms with E-state index in [4.69, 9.17) is 4.74 Å². The van der Waals surface area contributed by atoms with Gasteiger partial charge in [-0.05, 0) is 72.7 Å². The van der Waals surface area contributed by atoms with Crippen molar-refractivity contribution in [2.24, 2.45) is 11.0 Å². The van der Waals surface area contributed by atoms with Crippen molar-refractivity contribution in [1.29, 1.82) is 0 Å². The number of benzene rings is 3. The molecule has 4 atom stereocenters. The number of carbonyl (C=O) groups is 1. The number of anilines is 1. The highest BCUT2D eigenvalue weighted by molar-refractivity contribution is 7.99. The average Bonchev–Trinajstić information content (AvgIpc) is 3.45. The Labute approximate surface area is 223 Å². The monoisotopic (exact) mass is 511 g/mol. The third-order valence-electron chi connectivity index (χ3n) is 7.30. The molecule has 37 heavy (non-hydrogen) atoms. The van der Waals surface area contributed by atoms with E-state index < -0.39 is 0 Å². The van der Waals surface area contributed by atoms with E-state index in [9.17, 15) is 4.79 Å². The van der Waals surface area contributed by atoms with Crippen molar-refractivity contribution in [2.75, 3.05) is 12.4 Å². The van der Waals surface area contributed by atoms with E-state index in [1.165, 1.54) is 16.7 Å². The molecule has 0 saturated heterocycles. The second-order valence-electron chi connectivity index (χ2n) is 9.66. The number of hydrogen-bond donors (Lipinski definition) is 2. The molecule has 2 aliphatic rings. The molecule has 0 fully saturated rings. The third-order valence-corrected chi connectivity index (χ3v) is 8.52. The van der Waals surface area contributed by atoms with Crippen molar-refractivity contribution in [2.45, 2.75) is 43.2 Å². The first-order chi connectivity index (χ1) is 18.0. The Morgan fingerprint density at radius 3 is 2.68 bits per heavy atom. The van der Waals surface area contributed by atoms with Crippen molar-refractivity contribution in [3.05, 3.63) is 107 Å². The number of methoxy groups -OCH3 is 1. The maximum absolute atomic E-state index is 12.6. The Morgan fingerprint density at radius 1 is 1.14 bits per heavy atom. The first-order valence-corrected chi connectivity index (χ1v) is 13.8. The number of fused-ring (bicyclic) bond motifs is 3. The summed E-state index contributed by atoms with van der Waals surface area (Å²) in [5.74, 6) is 2.39. The number of nitrogens with zero attached hydrogens (tertiary/aromatic N) is 1. The van der Waals surface area contributed by atoms with Gasteiger partial charge in [0.15, 0.2) is 0 Å². The van der Waals surface area contributed by atoms with Crippen LogP contribution in [-0.2, 0) is 10.5 Å². The second kappa shape index (κ2) is 11.3. The molecule has 0 aromatic heterocycles. The number of ether oxygens (including phenoxy) is 1. The summed E-state index contributed by atoms with van der Waals surface area (Å²) in [5.41, 5.74) is 9.51. The smallest absolute Gasteiger partial charge is 0.252 e. The average molecular weight is 512 g/mol. The topological polar surface area (TPSA) is 62.7 Å². The van der Waals surface area contributed by atoms with Crippen LogP contribution in [0.2, 0.25) is 0 Å². The summed E-state index contributed by atoms with van der Waals surface area (Å²) in [6.07, 6.45) is 5.68. The van der Waals surface area contributed by atoms with E-state index in [2.05, 4.69) is 70.5 Å². The minimum atomic E-state index is -0.191. The molecule has 2 N–H and O–H groups in total. The summed E-state index contributed by atoms with van der Waals surface area (Å²) in [6.45, 7) is 3.87. The van der Waals surface area contributed by atoms with Crippen LogP contribution in [0.5, 0.6) is 5.75 Å². The van der Waals surface area contributed by atoms with Crippen molar-refractivity contribution < 1.29 is 9.53 Å². The lowest BCUT2D eigenvalue weighted by Gasteiger charge is -2.37. The van der Waals surface area contributed by atoms with Gasteiger partial charge in [0.25, 0.3) is 5.91 Å². The normalized spacial score (nSPS) is 20.9. The van der Waals surface area contributed by atoms with E-state index in [-0.39, 0.29) is 17.2 Å². The molecule has 1 aliphatic carbocycles. The van der Waals surface area contributed by atoms with E-state index in [0.29, 0.717) is 11.8 Å². The van der Waals surface area contributed by atoms with Crippen molar-refractivity contribution in [3.8, 4) is 5.75 Å². The number of hydrogen-bond acceptors (Lipinski definition) is 5. The van der Waals surface area contributed by atoms with Crippen LogP contribution in [0.4, 0.5) is 5.69 Å². The van der Waals surface area contributed by atoms with Gasteiger partial charge < -0.3 is 10.1 Å². The molecule has 0 unspecified atom stereocenters. The van der Waals surface area contributed by atoms with E-state index >= 15 is 0 Å². The highest BCUT2D eigenvalue weighted by atomic mass is 32.2. The van der Waals surface area contributed by atoms with Crippen LogP contribution in [-0.4, -0.2) is 24.0 Å². The fraction of sp³-hybridized carbons (Fsp3) is 0.290. The van der Waals surface area contributed by atoms with Gasteiger partial charge in [-0.15, -0.1) is 11.8 Å². The summed E-state index contributed by atoms with van der Waals surface area (Å²) in [4.78, 5) is 12.6. The molecule has 0 saturated carbocycles. The number of carbonyl (C=O) groups excluding carboxylic acids is 1. The van der Waals surface area contributed by atoms with E-state index in [1.54, 1.807) is 18.9 Å². The lowest BCUT2D eigenvalue weighted by Crippen LogP contribution is -2.29. The van der Waals surface area contributed by atoms with E-state index in [0.717, 1.165) is 34.9 Å². The third kappa shape index (κ3) is 5.59. The van der Waals surface area contributed by atoms with Gasteiger partial charge >= 0.3 is 0 Å². The van der Waals surface area contributed by atoms with Crippen molar-refractivity contribution in [1.82, 2.24) is 5.43 Å². The largest absolute Gasteiger partial charge is 0.497 e. The molecule has 3 aromatic rings. The minimum absolute atomic E-state index is 0.0824. The molecule has 6 heteroatoms. The fourth-order valence-corrected chi connectivity index (χ4v) is 5.97. The van der Waals surface area contributed by atoms with Crippen LogP contribution in [0, 0.1) is 5.92 Å². The minimum Gasteiger partial charge on any atom is -0.497 e. The van der Waals surface area contributed by atoms with Crippen LogP contribution in [0.3, 0.4) is 0 Å². The molecular weight excluding hydrogens is 478 g/mol. The van der Waals surface area contributed by atoms with Crippen molar-refractivity contribution >= 4 is 29.1 Å². The molecule has 1 amide bonds. The molecule has 0 spiro atoms. The molecular formula is C31H33N3O2S. The fourth-order valence-electron chi connectivity index (χ4n) is 5.13. The first-order valence-electron chi connectivity index (χ1n) is 12.7. The predicted octanol–water partition coefficient (Wildman–Crippen LogP) is 6.68. The van der Waals surface area contributed by atoms with Gasteiger partial charge in [-0.3, -0.25) is 4.79 Å². The lowest BCUT2D eigenvalue weighted by atomic mass is 9.76. The maximum atomic E-state index is 12.6. The number of rotatable bonds is 8. The highest BCUT2D eigenvalue weighted by Crippen LogP contribution is 2.50. The second-order valence-corrected chi connectivity index (χ2v) is 11.0. The van der Waals surface area contributed by atoms with Crippen LogP contribution >= 0.6 is 11.8 Å². The summed E-state index contributed by atoms with van der Waals surface area (Å²) in [7, 11) is 1.70. The molecule has 1 heterocycles. The molecule has 1 aliphatic heterocycles. The van der Waals surface area contributed by atoms with Gasteiger partial charge in [0.2, 0.25) is 0 Å². The Balaban J connectivity index is 1.27. The number of hydrazone groups is 1. The Morgan fingerprint density at radius 2 is 1.92 bits per heavy atom. The molecule has 190 valence electrons. The van der Waals surface area contributed by atoms with Crippen LogP contribution in [0.25, 0.3) is 0 Å². The number of thioether (sulfide) groups is 1. The van der Waals surface area contributed by atoms with Gasteiger partial charge in [-0.25, -0.2) is 5.43 Å². The van der Waals surface area contributed by atoms with Crippen LogP contribution in [0.1, 0.15) is 54.5 Å².